The summed E-state index contributed by atoms with van der Waals surface area (Å²) in [6.45, 7) is 2.05. The Morgan fingerprint density at radius 1 is 1.56 bits per heavy atom. The average Bonchev–Trinajstić information content (AvgIpc) is 2.64. The zero-order chi connectivity index (χ0) is 11.5. The van der Waals surface area contributed by atoms with Crippen molar-refractivity contribution >= 4 is 5.91 Å². The molecule has 1 saturated heterocycles. The van der Waals surface area contributed by atoms with Gasteiger partial charge >= 0.3 is 0 Å². The van der Waals surface area contributed by atoms with Gasteiger partial charge in [0, 0.05) is 32.0 Å². The molecule has 5 nitrogen and oxygen atoms in total. The average molecular weight is 222 g/mol. The largest absolute Gasteiger partial charge is 0.345 e. The number of carbonyl (C=O) groups excluding carboxylic acids is 1. The molecule has 2 rings (SSSR count). The fourth-order valence-electron chi connectivity index (χ4n) is 2.12. The SMILES string of the molecule is CN1CCCC(NC(=O)c2nccn2C)C1. The molecule has 1 aromatic heterocycles. The fraction of sp³-hybridized carbons (Fsp3) is 0.636. The molecular weight excluding hydrogens is 204 g/mol. The molecule has 0 radical (unpaired) electrons. The number of rotatable bonds is 2. The number of aromatic nitrogens is 2. The van der Waals surface area contributed by atoms with E-state index in [4.69, 9.17) is 0 Å². The fourth-order valence-corrected chi connectivity index (χ4v) is 2.12. The van der Waals surface area contributed by atoms with Crippen LogP contribution in [0.2, 0.25) is 0 Å². The molecule has 2 heterocycles. The van der Waals surface area contributed by atoms with Gasteiger partial charge in [-0.2, -0.15) is 0 Å². The van der Waals surface area contributed by atoms with Crippen LogP contribution in [-0.4, -0.2) is 46.5 Å². The van der Waals surface area contributed by atoms with E-state index in [2.05, 4.69) is 22.2 Å². The number of likely N-dealkylation sites (N-methyl/N-ethyl adjacent to an activating group) is 1. The Kier molecular flexibility index (Phi) is 3.24. The van der Waals surface area contributed by atoms with Crippen LogP contribution in [0.5, 0.6) is 0 Å². The maximum atomic E-state index is 11.9. The molecular formula is C11H18N4O. The molecule has 1 aliphatic heterocycles. The molecule has 0 saturated carbocycles. The van der Waals surface area contributed by atoms with Crippen molar-refractivity contribution in [3.8, 4) is 0 Å². The van der Waals surface area contributed by atoms with E-state index in [1.807, 2.05) is 7.05 Å². The normalized spacial score (nSPS) is 22.0. The predicted octanol–water partition coefficient (Wildman–Crippen LogP) is 0.244. The first-order valence-electron chi connectivity index (χ1n) is 5.63. The number of nitrogens with zero attached hydrogens (tertiary/aromatic N) is 3. The van der Waals surface area contributed by atoms with Gasteiger partial charge in [-0.05, 0) is 26.4 Å². The van der Waals surface area contributed by atoms with Gasteiger partial charge in [-0.3, -0.25) is 4.79 Å². The summed E-state index contributed by atoms with van der Waals surface area (Å²) in [5.41, 5.74) is 0. The standard InChI is InChI=1S/C11H18N4O/c1-14-6-3-4-9(8-14)13-11(16)10-12-5-7-15(10)2/h5,7,9H,3-4,6,8H2,1-2H3,(H,13,16). The summed E-state index contributed by atoms with van der Waals surface area (Å²) in [6, 6.07) is 0.253. The van der Waals surface area contributed by atoms with Gasteiger partial charge in [-0.1, -0.05) is 0 Å². The Morgan fingerprint density at radius 3 is 3.00 bits per heavy atom. The van der Waals surface area contributed by atoms with Gasteiger partial charge in [0.15, 0.2) is 5.82 Å². The van der Waals surface area contributed by atoms with Crippen LogP contribution in [0.4, 0.5) is 0 Å². The molecule has 16 heavy (non-hydrogen) atoms. The van der Waals surface area contributed by atoms with Crippen molar-refractivity contribution in [3.05, 3.63) is 18.2 Å². The van der Waals surface area contributed by atoms with Crippen LogP contribution >= 0.6 is 0 Å². The van der Waals surface area contributed by atoms with E-state index in [9.17, 15) is 4.79 Å². The second-order valence-electron chi connectivity index (χ2n) is 4.44. The van der Waals surface area contributed by atoms with E-state index in [1.54, 1.807) is 17.0 Å². The lowest BCUT2D eigenvalue weighted by molar-refractivity contribution is 0.0899. The summed E-state index contributed by atoms with van der Waals surface area (Å²) >= 11 is 0. The minimum absolute atomic E-state index is 0.0761. The summed E-state index contributed by atoms with van der Waals surface area (Å²) in [7, 11) is 3.91. The number of hydrogen-bond acceptors (Lipinski definition) is 3. The summed E-state index contributed by atoms with van der Waals surface area (Å²) in [4.78, 5) is 18.2. The highest BCUT2D eigenvalue weighted by atomic mass is 16.2. The van der Waals surface area contributed by atoms with E-state index in [0.717, 1.165) is 25.9 Å². The molecule has 1 aromatic rings. The lowest BCUT2D eigenvalue weighted by atomic mass is 10.1. The number of aryl methyl sites for hydroxylation is 1. The van der Waals surface area contributed by atoms with Crippen LogP contribution in [0.15, 0.2) is 12.4 Å². The molecule has 0 spiro atoms. The van der Waals surface area contributed by atoms with Gasteiger partial charge in [0.25, 0.3) is 5.91 Å². The summed E-state index contributed by atoms with van der Waals surface area (Å²) < 4.78 is 1.74. The molecule has 88 valence electrons. The lowest BCUT2D eigenvalue weighted by Crippen LogP contribution is -2.46. The Morgan fingerprint density at radius 2 is 2.38 bits per heavy atom. The van der Waals surface area contributed by atoms with E-state index in [-0.39, 0.29) is 11.9 Å². The molecule has 0 aromatic carbocycles. The van der Waals surface area contributed by atoms with Gasteiger partial charge in [0.05, 0.1) is 0 Å². The zero-order valence-corrected chi connectivity index (χ0v) is 9.81. The molecule has 1 amide bonds. The van der Waals surface area contributed by atoms with Crippen LogP contribution < -0.4 is 5.32 Å². The summed E-state index contributed by atoms with van der Waals surface area (Å²) in [5.74, 6) is 0.404. The van der Waals surface area contributed by atoms with E-state index >= 15 is 0 Å². The van der Waals surface area contributed by atoms with Crippen molar-refractivity contribution in [2.75, 3.05) is 20.1 Å². The molecule has 0 bridgehead atoms. The molecule has 1 atom stereocenters. The van der Waals surface area contributed by atoms with Gasteiger partial charge in [0.1, 0.15) is 0 Å². The number of nitrogens with one attached hydrogen (secondary N) is 1. The van der Waals surface area contributed by atoms with Gasteiger partial charge in [-0.25, -0.2) is 4.98 Å². The van der Waals surface area contributed by atoms with Gasteiger partial charge < -0.3 is 14.8 Å². The number of carbonyl (C=O) groups is 1. The number of hydrogen-bond donors (Lipinski definition) is 1. The number of imidazole rings is 1. The number of piperidine rings is 1. The Hall–Kier alpha value is -1.36. The molecule has 1 N–H and O–H groups in total. The third-order valence-electron chi connectivity index (χ3n) is 2.98. The molecule has 1 fully saturated rings. The molecule has 0 aliphatic carbocycles. The van der Waals surface area contributed by atoms with E-state index < -0.39 is 0 Å². The third kappa shape index (κ3) is 2.41. The molecule has 1 unspecified atom stereocenters. The summed E-state index contributed by atoms with van der Waals surface area (Å²) in [6.07, 6.45) is 5.62. The highest BCUT2D eigenvalue weighted by Crippen LogP contribution is 2.08. The first-order valence-corrected chi connectivity index (χ1v) is 5.63. The zero-order valence-electron chi connectivity index (χ0n) is 9.81. The van der Waals surface area contributed by atoms with Crippen molar-refractivity contribution in [3.63, 3.8) is 0 Å². The second-order valence-corrected chi connectivity index (χ2v) is 4.44. The topological polar surface area (TPSA) is 50.2 Å². The van der Waals surface area contributed by atoms with Crippen molar-refractivity contribution in [1.82, 2.24) is 19.8 Å². The monoisotopic (exact) mass is 222 g/mol. The molecule has 1 aliphatic rings. The van der Waals surface area contributed by atoms with Crippen molar-refractivity contribution in [1.29, 1.82) is 0 Å². The van der Waals surface area contributed by atoms with Gasteiger partial charge in [0.2, 0.25) is 0 Å². The minimum atomic E-state index is -0.0761. The smallest absolute Gasteiger partial charge is 0.287 e. The highest BCUT2D eigenvalue weighted by molar-refractivity contribution is 5.90. The van der Waals surface area contributed by atoms with Crippen LogP contribution in [0.25, 0.3) is 0 Å². The lowest BCUT2D eigenvalue weighted by Gasteiger charge is -2.30. The van der Waals surface area contributed by atoms with Gasteiger partial charge in [-0.15, -0.1) is 0 Å². The highest BCUT2D eigenvalue weighted by Gasteiger charge is 2.20. The predicted molar refractivity (Wildman–Crippen MR) is 61.2 cm³/mol. The first-order chi connectivity index (χ1) is 7.66. The van der Waals surface area contributed by atoms with E-state index in [0.29, 0.717) is 5.82 Å². The number of likely N-dealkylation sites (tertiary alicyclic amines) is 1. The Labute approximate surface area is 95.5 Å². The molecule has 5 heteroatoms. The van der Waals surface area contributed by atoms with Crippen LogP contribution in [0, 0.1) is 0 Å². The van der Waals surface area contributed by atoms with Crippen molar-refractivity contribution < 1.29 is 4.79 Å². The minimum Gasteiger partial charge on any atom is -0.345 e. The van der Waals surface area contributed by atoms with E-state index in [1.165, 1.54) is 0 Å². The summed E-state index contributed by atoms with van der Waals surface area (Å²) in [5, 5.41) is 3.03. The van der Waals surface area contributed by atoms with Crippen LogP contribution in [0.3, 0.4) is 0 Å². The van der Waals surface area contributed by atoms with Crippen molar-refractivity contribution in [2.45, 2.75) is 18.9 Å². The van der Waals surface area contributed by atoms with Crippen LogP contribution in [0.1, 0.15) is 23.5 Å². The third-order valence-corrected chi connectivity index (χ3v) is 2.98. The van der Waals surface area contributed by atoms with Crippen molar-refractivity contribution in [2.24, 2.45) is 7.05 Å². The Bertz CT molecular complexity index is 374. The quantitative estimate of drug-likeness (QED) is 0.780. The maximum Gasteiger partial charge on any atom is 0.287 e. The van der Waals surface area contributed by atoms with Crippen LogP contribution in [-0.2, 0) is 7.05 Å². The second kappa shape index (κ2) is 4.65. The number of amides is 1. The Balaban J connectivity index is 1.95. The first kappa shape index (κ1) is 11.1. The maximum absolute atomic E-state index is 11.9.